The van der Waals surface area contributed by atoms with Crippen LogP contribution in [-0.2, 0) is 14.8 Å². The van der Waals surface area contributed by atoms with Gasteiger partial charge in [0.15, 0.2) is 0 Å². The molecule has 9 heteroatoms. The maximum atomic E-state index is 12.8. The third kappa shape index (κ3) is 4.66. The first kappa shape index (κ1) is 21.4. The van der Waals surface area contributed by atoms with Crippen LogP contribution < -0.4 is 9.62 Å². The van der Waals surface area contributed by atoms with E-state index in [1.54, 1.807) is 12.1 Å². The number of nitrogens with zero attached hydrogens (tertiary/aromatic N) is 2. The Hall–Kier alpha value is -2.94. The molecule has 0 heterocycles. The van der Waals surface area contributed by atoms with Crippen molar-refractivity contribution in [2.75, 3.05) is 15.9 Å². The molecule has 0 bridgehead atoms. The molecule has 0 aliphatic carbocycles. The predicted molar refractivity (Wildman–Crippen MR) is 109 cm³/mol. The van der Waals surface area contributed by atoms with Crippen LogP contribution in [0.15, 0.2) is 36.4 Å². The number of hydrogen-bond acceptors (Lipinski definition) is 5. The average Bonchev–Trinajstić information content (AvgIpc) is 2.54. The normalized spacial score (nSPS) is 12.3. The fourth-order valence-corrected chi connectivity index (χ4v) is 4.24. The molecule has 8 nitrogen and oxygen atoms in total. The van der Waals surface area contributed by atoms with Crippen LogP contribution in [-0.4, -0.2) is 31.5 Å². The number of rotatable bonds is 6. The number of aryl methyl sites for hydroxylation is 2. The van der Waals surface area contributed by atoms with E-state index >= 15 is 0 Å². The Morgan fingerprint density at radius 1 is 1.14 bits per heavy atom. The summed E-state index contributed by atoms with van der Waals surface area (Å²) in [6.07, 6.45) is 1.03. The van der Waals surface area contributed by atoms with Crippen LogP contribution in [0.4, 0.5) is 17.1 Å². The van der Waals surface area contributed by atoms with Crippen molar-refractivity contribution in [1.82, 2.24) is 0 Å². The summed E-state index contributed by atoms with van der Waals surface area (Å²) in [6.45, 7) is 6.68. The van der Waals surface area contributed by atoms with Crippen LogP contribution >= 0.6 is 0 Å². The lowest BCUT2D eigenvalue weighted by atomic mass is 10.1. The molecule has 0 aromatic heterocycles. The van der Waals surface area contributed by atoms with Gasteiger partial charge >= 0.3 is 0 Å². The number of carbonyl (C=O) groups excluding carboxylic acids is 1. The summed E-state index contributed by atoms with van der Waals surface area (Å²) in [5, 5.41) is 13.7. The summed E-state index contributed by atoms with van der Waals surface area (Å²) < 4.78 is 25.9. The van der Waals surface area contributed by atoms with Crippen molar-refractivity contribution in [3.05, 3.63) is 63.2 Å². The van der Waals surface area contributed by atoms with Gasteiger partial charge in [-0.05, 0) is 57.0 Å². The SMILES string of the molecule is Cc1cc(C)cc(N(C(C)C(=O)Nc2cccc([N+](=O)[O-])c2C)S(C)(=O)=O)c1. The van der Waals surface area contributed by atoms with E-state index in [1.807, 2.05) is 19.9 Å². The number of amides is 1. The molecule has 1 atom stereocenters. The molecule has 0 aliphatic heterocycles. The molecule has 0 saturated carbocycles. The van der Waals surface area contributed by atoms with E-state index in [0.29, 0.717) is 11.3 Å². The first-order chi connectivity index (χ1) is 12.9. The molecule has 2 aromatic carbocycles. The second-order valence-electron chi connectivity index (χ2n) is 6.78. The third-order valence-electron chi connectivity index (χ3n) is 4.31. The monoisotopic (exact) mass is 405 g/mol. The zero-order chi connectivity index (χ0) is 21.2. The van der Waals surface area contributed by atoms with Crippen LogP contribution in [0.2, 0.25) is 0 Å². The topological polar surface area (TPSA) is 110 Å². The van der Waals surface area contributed by atoms with Gasteiger partial charge in [0, 0.05) is 6.07 Å². The Kier molecular flexibility index (Phi) is 6.08. The van der Waals surface area contributed by atoms with Crippen molar-refractivity contribution < 1.29 is 18.1 Å². The van der Waals surface area contributed by atoms with E-state index in [1.165, 1.54) is 32.0 Å². The quantitative estimate of drug-likeness (QED) is 0.586. The Morgan fingerprint density at radius 2 is 1.71 bits per heavy atom. The maximum absolute atomic E-state index is 12.8. The molecule has 0 spiro atoms. The Bertz CT molecular complexity index is 1010. The molecule has 2 rings (SSSR count). The zero-order valence-electron chi connectivity index (χ0n) is 16.4. The average molecular weight is 405 g/mol. The second-order valence-corrected chi connectivity index (χ2v) is 8.64. The third-order valence-corrected chi connectivity index (χ3v) is 5.55. The predicted octanol–water partition coefficient (Wildman–Crippen LogP) is 3.31. The number of benzene rings is 2. The van der Waals surface area contributed by atoms with Crippen molar-refractivity contribution >= 4 is 33.0 Å². The molecule has 0 saturated heterocycles. The van der Waals surface area contributed by atoms with E-state index < -0.39 is 26.9 Å². The molecule has 1 N–H and O–H groups in total. The van der Waals surface area contributed by atoms with Gasteiger partial charge in [-0.15, -0.1) is 0 Å². The minimum Gasteiger partial charge on any atom is -0.324 e. The van der Waals surface area contributed by atoms with Crippen molar-refractivity contribution in [2.24, 2.45) is 0 Å². The van der Waals surface area contributed by atoms with E-state index in [4.69, 9.17) is 0 Å². The molecular formula is C19H23N3O5S. The van der Waals surface area contributed by atoms with Gasteiger partial charge in [0.25, 0.3) is 5.69 Å². The summed E-state index contributed by atoms with van der Waals surface area (Å²) in [5.41, 5.74) is 2.56. The highest BCUT2D eigenvalue weighted by Gasteiger charge is 2.30. The minimum absolute atomic E-state index is 0.125. The summed E-state index contributed by atoms with van der Waals surface area (Å²) >= 11 is 0. The molecule has 150 valence electrons. The van der Waals surface area contributed by atoms with Crippen LogP contribution in [0.5, 0.6) is 0 Å². The molecule has 2 aromatic rings. The second kappa shape index (κ2) is 7.97. The molecule has 0 fully saturated rings. The van der Waals surface area contributed by atoms with Gasteiger partial charge in [-0.3, -0.25) is 19.2 Å². The van der Waals surface area contributed by atoms with E-state index in [0.717, 1.165) is 21.7 Å². The first-order valence-corrected chi connectivity index (χ1v) is 10.4. The summed E-state index contributed by atoms with van der Waals surface area (Å²) in [4.78, 5) is 23.3. The first-order valence-electron chi connectivity index (χ1n) is 8.54. The number of anilines is 2. The van der Waals surface area contributed by atoms with E-state index in [2.05, 4.69) is 5.32 Å². The Labute approximate surface area is 164 Å². The lowest BCUT2D eigenvalue weighted by Crippen LogP contribution is -2.45. The number of nitro groups is 1. The Balaban J connectivity index is 2.40. The molecule has 28 heavy (non-hydrogen) atoms. The van der Waals surface area contributed by atoms with E-state index in [-0.39, 0.29) is 11.4 Å². The van der Waals surface area contributed by atoms with Crippen LogP contribution in [0.1, 0.15) is 23.6 Å². The number of nitrogens with one attached hydrogen (secondary N) is 1. The number of carbonyl (C=O) groups is 1. The van der Waals surface area contributed by atoms with Crippen LogP contribution in [0.3, 0.4) is 0 Å². The highest BCUT2D eigenvalue weighted by molar-refractivity contribution is 7.92. The van der Waals surface area contributed by atoms with Gasteiger partial charge in [0.2, 0.25) is 15.9 Å². The summed E-state index contributed by atoms with van der Waals surface area (Å²) in [7, 11) is -3.76. The summed E-state index contributed by atoms with van der Waals surface area (Å²) in [5.74, 6) is -0.590. The lowest BCUT2D eigenvalue weighted by molar-refractivity contribution is -0.385. The van der Waals surface area contributed by atoms with Gasteiger partial charge in [-0.1, -0.05) is 12.1 Å². The zero-order valence-corrected chi connectivity index (χ0v) is 17.2. The highest BCUT2D eigenvalue weighted by atomic mass is 32.2. The molecule has 0 aliphatic rings. The number of hydrogen-bond donors (Lipinski definition) is 1. The van der Waals surface area contributed by atoms with Gasteiger partial charge < -0.3 is 5.32 Å². The summed E-state index contributed by atoms with van der Waals surface area (Å²) in [6, 6.07) is 8.56. The standard InChI is InChI=1S/C19H23N3O5S/c1-12-9-13(2)11-16(10-12)21(28(5,26)27)15(4)19(23)20-17-7-6-8-18(14(17)3)22(24)25/h6-11,15H,1-5H3,(H,20,23). The minimum atomic E-state index is -3.76. The largest absolute Gasteiger partial charge is 0.324 e. The smallest absolute Gasteiger partial charge is 0.274 e. The van der Waals surface area contributed by atoms with Gasteiger partial charge in [0.1, 0.15) is 6.04 Å². The Morgan fingerprint density at radius 3 is 2.21 bits per heavy atom. The fraction of sp³-hybridized carbons (Fsp3) is 0.316. The van der Waals surface area contributed by atoms with Crippen molar-refractivity contribution in [2.45, 2.75) is 33.7 Å². The fourth-order valence-electron chi connectivity index (χ4n) is 3.08. The molecule has 0 radical (unpaired) electrons. The molecular weight excluding hydrogens is 382 g/mol. The van der Waals surface area contributed by atoms with Gasteiger partial charge in [0.05, 0.1) is 28.1 Å². The maximum Gasteiger partial charge on any atom is 0.274 e. The van der Waals surface area contributed by atoms with E-state index in [9.17, 15) is 23.3 Å². The highest BCUT2D eigenvalue weighted by Crippen LogP contribution is 2.27. The van der Waals surface area contributed by atoms with Crippen LogP contribution in [0, 0.1) is 30.9 Å². The molecule has 1 amide bonds. The number of nitro benzene ring substituents is 1. The van der Waals surface area contributed by atoms with Crippen molar-refractivity contribution in [3.8, 4) is 0 Å². The van der Waals surface area contributed by atoms with Crippen molar-refractivity contribution in [3.63, 3.8) is 0 Å². The molecule has 1 unspecified atom stereocenters. The van der Waals surface area contributed by atoms with Gasteiger partial charge in [-0.2, -0.15) is 0 Å². The lowest BCUT2D eigenvalue weighted by Gasteiger charge is -2.29. The number of sulfonamides is 1. The van der Waals surface area contributed by atoms with Gasteiger partial charge in [-0.25, -0.2) is 8.42 Å². The van der Waals surface area contributed by atoms with Crippen LogP contribution in [0.25, 0.3) is 0 Å². The van der Waals surface area contributed by atoms with Crippen molar-refractivity contribution in [1.29, 1.82) is 0 Å².